The quantitative estimate of drug-likeness (QED) is 0.603. The highest BCUT2D eigenvalue weighted by Gasteiger charge is 2.25. The minimum atomic E-state index is 0.0768. The Morgan fingerprint density at radius 3 is 2.07 bits per heavy atom. The molecule has 1 aliphatic carbocycles. The van der Waals surface area contributed by atoms with Crippen molar-refractivity contribution in [1.29, 1.82) is 0 Å². The van der Waals surface area contributed by atoms with E-state index in [0.29, 0.717) is 52.7 Å². The molecule has 0 saturated carbocycles. The van der Waals surface area contributed by atoms with Crippen LogP contribution in [0.15, 0.2) is 35.0 Å². The second kappa shape index (κ2) is 8.12. The van der Waals surface area contributed by atoms with Crippen molar-refractivity contribution in [3.63, 3.8) is 0 Å². The van der Waals surface area contributed by atoms with Crippen molar-refractivity contribution in [2.45, 2.75) is 12.8 Å². The van der Waals surface area contributed by atoms with E-state index in [-0.39, 0.29) is 5.75 Å². The van der Waals surface area contributed by atoms with Crippen LogP contribution in [0, 0.1) is 0 Å². The van der Waals surface area contributed by atoms with Crippen molar-refractivity contribution in [2.24, 2.45) is 5.16 Å². The van der Waals surface area contributed by atoms with E-state index in [4.69, 9.17) is 18.9 Å². The molecule has 7 heteroatoms. The average Bonchev–Trinajstić information content (AvgIpc) is 2.73. The van der Waals surface area contributed by atoms with E-state index in [0.717, 1.165) is 11.1 Å². The summed E-state index contributed by atoms with van der Waals surface area (Å²) in [5.41, 5.74) is 3.42. The van der Waals surface area contributed by atoms with Crippen LogP contribution in [0.2, 0.25) is 0 Å². The molecular formula is C21H23NO6. The van der Waals surface area contributed by atoms with Gasteiger partial charge < -0.3 is 29.3 Å². The number of phenols is 1. The molecule has 2 N–H and O–H groups in total. The molecule has 0 heterocycles. The summed E-state index contributed by atoms with van der Waals surface area (Å²) in [6.45, 7) is 0. The maximum Gasteiger partial charge on any atom is 0.203 e. The maximum atomic E-state index is 10.4. The fourth-order valence-electron chi connectivity index (χ4n) is 3.45. The molecule has 0 unspecified atom stereocenters. The summed E-state index contributed by atoms with van der Waals surface area (Å²) in [4.78, 5) is 0. The van der Waals surface area contributed by atoms with Gasteiger partial charge in [0.25, 0.3) is 0 Å². The van der Waals surface area contributed by atoms with E-state index in [9.17, 15) is 10.3 Å². The second-order valence-corrected chi connectivity index (χ2v) is 6.22. The number of fused-ring (bicyclic) bond motifs is 1. The van der Waals surface area contributed by atoms with Crippen LogP contribution in [0.1, 0.15) is 23.1 Å². The highest BCUT2D eigenvalue weighted by Crippen LogP contribution is 2.41. The molecule has 0 atom stereocenters. The van der Waals surface area contributed by atoms with Crippen LogP contribution in [0.4, 0.5) is 0 Å². The summed E-state index contributed by atoms with van der Waals surface area (Å²) in [5.74, 6) is 2.06. The molecule has 0 saturated heterocycles. The Balaban J connectivity index is 2.08. The van der Waals surface area contributed by atoms with Gasteiger partial charge in [0.15, 0.2) is 23.0 Å². The Hall–Kier alpha value is -3.35. The standard InChI is InChI=1S/C21H23NO6/c1-25-16-8-7-14-15(20(16)23)6-5-13(19(14)22-24)9-12-10-17(26-2)21(28-4)18(11-12)27-3/h7-11,23-24H,5-6H2,1-4H3/b13-9+,22-19+. The molecule has 0 fully saturated rings. The number of ether oxygens (including phenoxy) is 4. The molecule has 3 rings (SSSR count). The minimum absolute atomic E-state index is 0.0768. The van der Waals surface area contributed by atoms with Crippen molar-refractivity contribution >= 4 is 11.8 Å². The van der Waals surface area contributed by atoms with E-state index in [1.54, 1.807) is 33.5 Å². The topological polar surface area (TPSA) is 89.7 Å². The number of aromatic hydroxyl groups is 1. The molecule has 148 valence electrons. The molecule has 0 amide bonds. The van der Waals surface area contributed by atoms with Gasteiger partial charge in [0.1, 0.15) is 5.71 Å². The zero-order chi connectivity index (χ0) is 20.3. The lowest BCUT2D eigenvalue weighted by Gasteiger charge is -2.22. The van der Waals surface area contributed by atoms with Crippen molar-refractivity contribution in [3.05, 3.63) is 46.5 Å². The third-order valence-corrected chi connectivity index (χ3v) is 4.80. The molecule has 7 nitrogen and oxygen atoms in total. The SMILES string of the molecule is COc1ccc2c(c1O)CCC(=C\c1cc(OC)c(OC)c(OC)c1)/C2=N\O. The fourth-order valence-corrected chi connectivity index (χ4v) is 3.45. The number of benzene rings is 2. The van der Waals surface area contributed by atoms with Gasteiger partial charge in [0.2, 0.25) is 5.75 Å². The second-order valence-electron chi connectivity index (χ2n) is 6.22. The molecule has 28 heavy (non-hydrogen) atoms. The minimum Gasteiger partial charge on any atom is -0.504 e. The normalized spacial score (nSPS) is 16.0. The summed E-state index contributed by atoms with van der Waals surface area (Å²) < 4.78 is 21.3. The van der Waals surface area contributed by atoms with Crippen LogP contribution < -0.4 is 18.9 Å². The Morgan fingerprint density at radius 1 is 0.893 bits per heavy atom. The van der Waals surface area contributed by atoms with Gasteiger partial charge in [-0.05, 0) is 54.3 Å². The smallest absolute Gasteiger partial charge is 0.203 e. The number of oxime groups is 1. The summed E-state index contributed by atoms with van der Waals surface area (Å²) in [7, 11) is 6.17. The molecule has 2 aromatic rings. The number of allylic oxidation sites excluding steroid dienone is 1. The number of methoxy groups -OCH3 is 4. The molecule has 1 aliphatic rings. The largest absolute Gasteiger partial charge is 0.504 e. The van der Waals surface area contributed by atoms with Gasteiger partial charge >= 0.3 is 0 Å². The van der Waals surface area contributed by atoms with Crippen molar-refractivity contribution in [2.75, 3.05) is 28.4 Å². The van der Waals surface area contributed by atoms with Gasteiger partial charge in [0.05, 0.1) is 28.4 Å². The van der Waals surface area contributed by atoms with Crippen molar-refractivity contribution in [3.8, 4) is 28.7 Å². The summed E-state index contributed by atoms with van der Waals surface area (Å²) in [6, 6.07) is 7.08. The average molecular weight is 385 g/mol. The summed E-state index contributed by atoms with van der Waals surface area (Å²) in [6.07, 6.45) is 3.08. The summed E-state index contributed by atoms with van der Waals surface area (Å²) >= 11 is 0. The molecular weight excluding hydrogens is 362 g/mol. The zero-order valence-electron chi connectivity index (χ0n) is 16.3. The zero-order valence-corrected chi connectivity index (χ0v) is 16.3. The van der Waals surface area contributed by atoms with E-state index >= 15 is 0 Å². The summed E-state index contributed by atoms with van der Waals surface area (Å²) in [5, 5.41) is 23.5. The third-order valence-electron chi connectivity index (χ3n) is 4.80. The van der Waals surface area contributed by atoms with Crippen molar-refractivity contribution < 1.29 is 29.3 Å². The first-order valence-electron chi connectivity index (χ1n) is 8.70. The van der Waals surface area contributed by atoms with E-state index in [1.165, 1.54) is 7.11 Å². The van der Waals surface area contributed by atoms with Gasteiger partial charge in [-0.3, -0.25) is 0 Å². The van der Waals surface area contributed by atoms with Crippen LogP contribution in [-0.2, 0) is 6.42 Å². The Labute approximate surface area is 163 Å². The van der Waals surface area contributed by atoms with Gasteiger partial charge in [-0.1, -0.05) is 5.16 Å². The number of hydrogen-bond donors (Lipinski definition) is 2. The van der Waals surface area contributed by atoms with Crippen LogP contribution in [0.25, 0.3) is 6.08 Å². The number of hydrogen-bond acceptors (Lipinski definition) is 7. The first-order chi connectivity index (χ1) is 13.6. The van der Waals surface area contributed by atoms with Crippen LogP contribution in [0.3, 0.4) is 0 Å². The monoisotopic (exact) mass is 385 g/mol. The lowest BCUT2D eigenvalue weighted by molar-refractivity contribution is 0.319. The van der Waals surface area contributed by atoms with Gasteiger partial charge in [-0.15, -0.1) is 0 Å². The van der Waals surface area contributed by atoms with E-state index in [2.05, 4.69) is 5.16 Å². The number of rotatable bonds is 5. The lowest BCUT2D eigenvalue weighted by atomic mass is 9.84. The fraction of sp³-hybridized carbons (Fsp3) is 0.286. The lowest BCUT2D eigenvalue weighted by Crippen LogP contribution is -2.15. The molecule has 0 bridgehead atoms. The molecule has 0 aromatic heterocycles. The van der Waals surface area contributed by atoms with Gasteiger partial charge in [-0.2, -0.15) is 0 Å². The first kappa shape index (κ1) is 19.4. The van der Waals surface area contributed by atoms with Gasteiger partial charge in [-0.25, -0.2) is 0 Å². The molecule has 0 radical (unpaired) electrons. The van der Waals surface area contributed by atoms with Crippen LogP contribution in [-0.4, -0.2) is 44.5 Å². The highest BCUT2D eigenvalue weighted by molar-refractivity contribution is 6.16. The van der Waals surface area contributed by atoms with E-state index < -0.39 is 0 Å². The predicted molar refractivity (Wildman–Crippen MR) is 105 cm³/mol. The van der Waals surface area contributed by atoms with Gasteiger partial charge in [0, 0.05) is 11.1 Å². The molecule has 2 aromatic carbocycles. The third kappa shape index (κ3) is 3.31. The van der Waals surface area contributed by atoms with Crippen LogP contribution in [0.5, 0.6) is 28.7 Å². The Morgan fingerprint density at radius 2 is 1.54 bits per heavy atom. The number of phenolic OH excluding ortho intramolecular Hbond substituents is 1. The highest BCUT2D eigenvalue weighted by atomic mass is 16.5. The molecule has 0 aliphatic heterocycles. The predicted octanol–water partition coefficient (Wildman–Crippen LogP) is 3.63. The maximum absolute atomic E-state index is 10.4. The van der Waals surface area contributed by atoms with Crippen LogP contribution >= 0.6 is 0 Å². The number of nitrogens with zero attached hydrogens (tertiary/aromatic N) is 1. The van der Waals surface area contributed by atoms with Crippen molar-refractivity contribution in [1.82, 2.24) is 0 Å². The Bertz CT molecular complexity index is 923. The molecule has 0 spiro atoms. The Kier molecular flexibility index (Phi) is 5.63. The van der Waals surface area contributed by atoms with E-state index in [1.807, 2.05) is 18.2 Å². The first-order valence-corrected chi connectivity index (χ1v) is 8.70.